The van der Waals surface area contributed by atoms with E-state index in [2.05, 4.69) is 51.6 Å². The van der Waals surface area contributed by atoms with Crippen molar-refractivity contribution in [1.29, 1.82) is 5.26 Å². The molecule has 0 atom stereocenters. The Labute approximate surface area is 209 Å². The summed E-state index contributed by atoms with van der Waals surface area (Å²) >= 11 is 6.15. The largest absolute Gasteiger partial charge is 0.480 e. The van der Waals surface area contributed by atoms with Crippen LogP contribution >= 0.6 is 11.6 Å². The molecule has 9 heteroatoms. The van der Waals surface area contributed by atoms with Crippen molar-refractivity contribution in [3.63, 3.8) is 0 Å². The molecule has 1 aliphatic heterocycles. The summed E-state index contributed by atoms with van der Waals surface area (Å²) in [4.78, 5) is 23.9. The molecule has 0 aliphatic carbocycles. The first-order valence-electron chi connectivity index (χ1n) is 11.4. The second-order valence-corrected chi connectivity index (χ2v) is 9.06. The molecule has 1 amide bonds. The van der Waals surface area contributed by atoms with Crippen LogP contribution in [0.3, 0.4) is 0 Å². The van der Waals surface area contributed by atoms with Crippen LogP contribution in [0.25, 0.3) is 0 Å². The zero-order chi connectivity index (χ0) is 24.9. The Morgan fingerprint density at radius 3 is 2.69 bits per heavy atom. The van der Waals surface area contributed by atoms with Crippen molar-refractivity contribution in [1.82, 2.24) is 14.9 Å². The number of rotatable bonds is 6. The van der Waals surface area contributed by atoms with Gasteiger partial charge >= 0.3 is 0 Å². The summed E-state index contributed by atoms with van der Waals surface area (Å²) in [5.41, 5.74) is 4.31. The Kier molecular flexibility index (Phi) is 7.49. The summed E-state index contributed by atoms with van der Waals surface area (Å²) in [6.45, 7) is 4.36. The summed E-state index contributed by atoms with van der Waals surface area (Å²) in [7, 11) is 3.60. The van der Waals surface area contributed by atoms with E-state index in [-0.39, 0.29) is 11.4 Å². The maximum absolute atomic E-state index is 12.8. The van der Waals surface area contributed by atoms with Crippen molar-refractivity contribution in [2.45, 2.75) is 25.7 Å². The standard InChI is InChI=1S/C26H27ClN6O2/c1-16-12-19(5-6-20(16)18-8-10-33(2)11-9-18)30-26-29-15-21(25(32-26)35-3)24(34)31-23-13-17(14-28)4-7-22(23)27/h4-7,12-13,15,18H,8-11H2,1-3H3,(H,31,34)(H,29,30,32). The summed E-state index contributed by atoms with van der Waals surface area (Å²) in [5.74, 6) is 0.516. The molecular formula is C26H27ClN6O2. The van der Waals surface area contributed by atoms with E-state index in [4.69, 9.17) is 21.6 Å². The van der Waals surface area contributed by atoms with Crippen molar-refractivity contribution >= 4 is 34.8 Å². The van der Waals surface area contributed by atoms with Gasteiger partial charge in [-0.25, -0.2) is 4.98 Å². The van der Waals surface area contributed by atoms with Crippen LogP contribution in [0.4, 0.5) is 17.3 Å². The SMILES string of the molecule is COc1nc(Nc2ccc(C3CCN(C)CC3)c(C)c2)ncc1C(=O)Nc1cc(C#N)ccc1Cl. The number of methoxy groups -OCH3 is 1. The number of halogens is 1. The summed E-state index contributed by atoms with van der Waals surface area (Å²) in [6, 6.07) is 12.9. The van der Waals surface area contributed by atoms with Gasteiger partial charge in [0.2, 0.25) is 11.8 Å². The van der Waals surface area contributed by atoms with Gasteiger partial charge in [0.1, 0.15) is 5.56 Å². The molecule has 1 aromatic heterocycles. The van der Waals surface area contributed by atoms with Crippen molar-refractivity contribution < 1.29 is 9.53 Å². The fraction of sp³-hybridized carbons (Fsp3) is 0.308. The van der Waals surface area contributed by atoms with E-state index in [1.807, 2.05) is 12.1 Å². The Morgan fingerprint density at radius 1 is 1.23 bits per heavy atom. The maximum Gasteiger partial charge on any atom is 0.262 e. The third-order valence-corrected chi connectivity index (χ3v) is 6.55. The molecule has 2 heterocycles. The highest BCUT2D eigenvalue weighted by Gasteiger charge is 2.20. The lowest BCUT2D eigenvalue weighted by Gasteiger charge is -2.30. The van der Waals surface area contributed by atoms with E-state index in [9.17, 15) is 4.79 Å². The molecule has 0 unspecified atom stereocenters. The highest BCUT2D eigenvalue weighted by molar-refractivity contribution is 6.34. The molecule has 35 heavy (non-hydrogen) atoms. The predicted octanol–water partition coefficient (Wildman–Crippen LogP) is 5.12. The predicted molar refractivity (Wildman–Crippen MR) is 137 cm³/mol. The number of aromatic nitrogens is 2. The molecule has 4 rings (SSSR count). The smallest absolute Gasteiger partial charge is 0.262 e. The summed E-state index contributed by atoms with van der Waals surface area (Å²) < 4.78 is 5.35. The molecule has 3 aromatic rings. The van der Waals surface area contributed by atoms with Crippen LogP contribution in [0.2, 0.25) is 5.02 Å². The fourth-order valence-corrected chi connectivity index (χ4v) is 4.44. The van der Waals surface area contributed by atoms with Gasteiger partial charge < -0.3 is 20.3 Å². The molecule has 0 spiro atoms. The van der Waals surface area contributed by atoms with E-state index in [1.54, 1.807) is 12.1 Å². The topological polar surface area (TPSA) is 103 Å². The van der Waals surface area contributed by atoms with Crippen LogP contribution in [0.1, 0.15) is 45.8 Å². The normalized spacial score (nSPS) is 14.3. The number of anilines is 3. The minimum absolute atomic E-state index is 0.118. The Hall–Kier alpha value is -3.67. The highest BCUT2D eigenvalue weighted by Crippen LogP contribution is 2.32. The first-order chi connectivity index (χ1) is 16.9. The minimum Gasteiger partial charge on any atom is -0.480 e. The third kappa shape index (κ3) is 5.70. The number of ether oxygens (including phenoxy) is 1. The van der Waals surface area contributed by atoms with Crippen LogP contribution in [0.15, 0.2) is 42.6 Å². The van der Waals surface area contributed by atoms with E-state index in [0.29, 0.717) is 28.1 Å². The second-order valence-electron chi connectivity index (χ2n) is 8.65. The van der Waals surface area contributed by atoms with Crippen molar-refractivity contribution in [2.24, 2.45) is 0 Å². The molecule has 0 saturated carbocycles. The van der Waals surface area contributed by atoms with Crippen LogP contribution in [-0.4, -0.2) is 48.0 Å². The minimum atomic E-state index is -0.497. The first-order valence-corrected chi connectivity index (χ1v) is 11.7. The zero-order valence-corrected chi connectivity index (χ0v) is 20.7. The number of hydrogen-bond donors (Lipinski definition) is 2. The van der Waals surface area contributed by atoms with Crippen molar-refractivity contribution in [2.75, 3.05) is 37.9 Å². The van der Waals surface area contributed by atoms with Gasteiger partial charge in [-0.05, 0) is 87.3 Å². The molecule has 2 aromatic carbocycles. The zero-order valence-electron chi connectivity index (χ0n) is 19.9. The molecular weight excluding hydrogens is 464 g/mol. The number of hydrogen-bond acceptors (Lipinski definition) is 7. The van der Waals surface area contributed by atoms with Crippen LogP contribution < -0.4 is 15.4 Å². The monoisotopic (exact) mass is 490 g/mol. The van der Waals surface area contributed by atoms with Gasteiger partial charge in [-0.1, -0.05) is 17.7 Å². The molecule has 0 radical (unpaired) electrons. The van der Waals surface area contributed by atoms with Crippen LogP contribution in [-0.2, 0) is 0 Å². The molecule has 8 nitrogen and oxygen atoms in total. The lowest BCUT2D eigenvalue weighted by atomic mass is 9.87. The Bertz CT molecular complexity index is 1280. The average Bonchev–Trinajstić information content (AvgIpc) is 2.86. The van der Waals surface area contributed by atoms with Gasteiger partial charge in [-0.2, -0.15) is 10.2 Å². The average molecular weight is 491 g/mol. The van der Waals surface area contributed by atoms with E-state index < -0.39 is 5.91 Å². The van der Waals surface area contributed by atoms with Crippen LogP contribution in [0, 0.1) is 18.3 Å². The van der Waals surface area contributed by atoms with Gasteiger partial charge in [0, 0.05) is 11.9 Å². The number of benzene rings is 2. The number of carbonyl (C=O) groups is 1. The number of aryl methyl sites for hydroxylation is 1. The number of amides is 1. The van der Waals surface area contributed by atoms with E-state index in [0.717, 1.165) is 18.8 Å². The highest BCUT2D eigenvalue weighted by atomic mass is 35.5. The maximum atomic E-state index is 12.8. The number of piperidine rings is 1. The first kappa shape index (κ1) is 24.5. The number of nitriles is 1. The molecule has 180 valence electrons. The number of carbonyl (C=O) groups excluding carboxylic acids is 1. The lowest BCUT2D eigenvalue weighted by Crippen LogP contribution is -2.29. The number of likely N-dealkylation sites (tertiary alicyclic amines) is 1. The fourth-order valence-electron chi connectivity index (χ4n) is 4.28. The molecule has 2 N–H and O–H groups in total. The summed E-state index contributed by atoms with van der Waals surface area (Å²) in [6.07, 6.45) is 3.73. The number of nitrogens with one attached hydrogen (secondary N) is 2. The van der Waals surface area contributed by atoms with Crippen LogP contribution in [0.5, 0.6) is 5.88 Å². The molecule has 1 saturated heterocycles. The number of nitrogens with zero attached hydrogens (tertiary/aromatic N) is 4. The lowest BCUT2D eigenvalue weighted by molar-refractivity contribution is 0.102. The Balaban J connectivity index is 1.49. The molecule has 1 aliphatic rings. The van der Waals surface area contributed by atoms with Gasteiger partial charge in [0.05, 0.1) is 29.5 Å². The molecule has 0 bridgehead atoms. The third-order valence-electron chi connectivity index (χ3n) is 6.22. The quantitative estimate of drug-likeness (QED) is 0.494. The molecule has 1 fully saturated rings. The van der Waals surface area contributed by atoms with Gasteiger partial charge in [-0.3, -0.25) is 4.79 Å². The van der Waals surface area contributed by atoms with Gasteiger partial charge in [0.15, 0.2) is 0 Å². The van der Waals surface area contributed by atoms with Gasteiger partial charge in [0.25, 0.3) is 5.91 Å². The Morgan fingerprint density at radius 2 is 2.00 bits per heavy atom. The second kappa shape index (κ2) is 10.7. The van der Waals surface area contributed by atoms with E-state index in [1.165, 1.54) is 43.3 Å². The van der Waals surface area contributed by atoms with Crippen molar-refractivity contribution in [3.8, 4) is 11.9 Å². The van der Waals surface area contributed by atoms with E-state index >= 15 is 0 Å². The van der Waals surface area contributed by atoms with Crippen molar-refractivity contribution in [3.05, 3.63) is 69.9 Å². The summed E-state index contributed by atoms with van der Waals surface area (Å²) in [5, 5.41) is 15.3. The van der Waals surface area contributed by atoms with Gasteiger partial charge in [-0.15, -0.1) is 0 Å².